The number of esters is 1. The standard InChI is InChI=1S/C23H28ClN4O8P/c1-5-23(24)19(29)17(35-21(23)28-12-11-18(25)26-22(28)31)13-33-37(32,36-16-9-7-6-8-10-16)27-15(4)20(30)34-14(2)3/h1,6-12,14-15,17,19,21,29H,13H2,2-4H3,(H,27,32)(H2,25,26,31)/t15-,17+,19-,21+,23+,37?/m0/s1. The SMILES string of the molecule is C#C[C@@]1(Cl)[C@@H](O)[C@@H](COP(=O)(N[C@@H](C)C(=O)OC(C)C)Oc2ccccc2)O[C@H]1n1ccc(N)nc1=O. The van der Waals surface area contributed by atoms with E-state index in [4.69, 9.17) is 42.3 Å². The van der Waals surface area contributed by atoms with E-state index in [2.05, 4.69) is 16.0 Å². The molecule has 37 heavy (non-hydrogen) atoms. The molecule has 1 unspecified atom stereocenters. The molecule has 1 aliphatic rings. The number of nitrogen functional groups attached to an aromatic ring is 1. The van der Waals surface area contributed by atoms with Gasteiger partial charge < -0.3 is 24.8 Å². The highest BCUT2D eigenvalue weighted by Gasteiger charge is 2.56. The highest BCUT2D eigenvalue weighted by atomic mass is 35.5. The van der Waals surface area contributed by atoms with Gasteiger partial charge in [0.15, 0.2) is 11.1 Å². The van der Waals surface area contributed by atoms with Crippen LogP contribution in [0.3, 0.4) is 0 Å². The predicted molar refractivity (Wildman–Crippen MR) is 135 cm³/mol. The van der Waals surface area contributed by atoms with Crippen LogP contribution in [0.25, 0.3) is 0 Å². The van der Waals surface area contributed by atoms with Crippen molar-refractivity contribution in [2.75, 3.05) is 12.3 Å². The minimum Gasteiger partial charge on any atom is -0.462 e. The van der Waals surface area contributed by atoms with Gasteiger partial charge in [-0.25, -0.2) is 9.36 Å². The first-order valence-corrected chi connectivity index (χ1v) is 13.1. The Morgan fingerprint density at radius 3 is 2.65 bits per heavy atom. The van der Waals surface area contributed by atoms with Crippen LogP contribution in [0.4, 0.5) is 5.82 Å². The Morgan fingerprint density at radius 1 is 1.38 bits per heavy atom. The van der Waals surface area contributed by atoms with Gasteiger partial charge in [-0.05, 0) is 39.0 Å². The van der Waals surface area contributed by atoms with Gasteiger partial charge in [-0.1, -0.05) is 35.7 Å². The molecule has 1 aromatic carbocycles. The number of aromatic nitrogens is 2. The number of carbonyl (C=O) groups is 1. The maximum absolute atomic E-state index is 13.7. The molecule has 1 saturated heterocycles. The largest absolute Gasteiger partial charge is 0.462 e. The first-order chi connectivity index (χ1) is 17.4. The van der Waals surface area contributed by atoms with Crippen molar-refractivity contribution in [3.05, 3.63) is 53.1 Å². The number of nitrogens with one attached hydrogen (secondary N) is 1. The summed E-state index contributed by atoms with van der Waals surface area (Å²) in [7, 11) is -4.27. The fraction of sp³-hybridized carbons (Fsp3) is 0.435. The summed E-state index contributed by atoms with van der Waals surface area (Å²) in [6, 6.07) is 8.35. The third-order valence-corrected chi connectivity index (χ3v) is 7.37. The summed E-state index contributed by atoms with van der Waals surface area (Å²) in [5.41, 5.74) is 4.73. The van der Waals surface area contributed by atoms with Gasteiger partial charge in [-0.15, -0.1) is 6.42 Å². The number of carbonyl (C=O) groups excluding carboxylic acids is 1. The number of nitrogens with zero attached hydrogens (tertiary/aromatic N) is 2. The molecule has 3 rings (SSSR count). The van der Waals surface area contributed by atoms with Crippen molar-refractivity contribution in [2.24, 2.45) is 0 Å². The monoisotopic (exact) mass is 554 g/mol. The van der Waals surface area contributed by atoms with Crippen molar-refractivity contribution in [1.82, 2.24) is 14.6 Å². The fourth-order valence-corrected chi connectivity index (χ4v) is 5.22. The van der Waals surface area contributed by atoms with E-state index in [1.54, 1.807) is 32.0 Å². The molecule has 2 aromatic rings. The number of para-hydroxylation sites is 1. The highest BCUT2D eigenvalue weighted by Crippen LogP contribution is 2.48. The van der Waals surface area contributed by atoms with E-state index in [9.17, 15) is 19.3 Å². The Hall–Kier alpha value is -2.91. The van der Waals surface area contributed by atoms with E-state index < -0.39 is 61.5 Å². The van der Waals surface area contributed by atoms with Gasteiger partial charge in [0.25, 0.3) is 0 Å². The molecule has 1 aliphatic heterocycles. The van der Waals surface area contributed by atoms with Gasteiger partial charge in [0.1, 0.15) is 29.8 Å². The number of anilines is 1. The topological polar surface area (TPSA) is 164 Å². The van der Waals surface area contributed by atoms with Crippen molar-refractivity contribution < 1.29 is 33.0 Å². The fourth-order valence-electron chi connectivity index (χ4n) is 3.42. The molecular weight excluding hydrogens is 527 g/mol. The number of hydrogen-bond donors (Lipinski definition) is 3. The zero-order valence-electron chi connectivity index (χ0n) is 20.3. The van der Waals surface area contributed by atoms with Crippen LogP contribution in [0.5, 0.6) is 5.75 Å². The number of rotatable bonds is 10. The van der Waals surface area contributed by atoms with Gasteiger partial charge in [0.05, 0.1) is 12.7 Å². The molecule has 0 saturated carbocycles. The lowest BCUT2D eigenvalue weighted by molar-refractivity contribution is -0.149. The van der Waals surface area contributed by atoms with Crippen molar-refractivity contribution in [2.45, 2.75) is 56.2 Å². The van der Waals surface area contributed by atoms with Crippen molar-refractivity contribution in [3.63, 3.8) is 0 Å². The minimum absolute atomic E-state index is 0.0317. The summed E-state index contributed by atoms with van der Waals surface area (Å²) in [5.74, 6) is 1.72. The Bertz CT molecular complexity index is 1250. The lowest BCUT2D eigenvalue weighted by Crippen LogP contribution is -2.43. The van der Waals surface area contributed by atoms with Crippen LogP contribution in [-0.4, -0.2) is 56.5 Å². The summed E-state index contributed by atoms with van der Waals surface area (Å²) >= 11 is 6.50. The third-order valence-electron chi connectivity index (χ3n) is 5.21. The summed E-state index contributed by atoms with van der Waals surface area (Å²) in [4.78, 5) is 26.4. The highest BCUT2D eigenvalue weighted by molar-refractivity contribution is 7.52. The predicted octanol–water partition coefficient (Wildman–Crippen LogP) is 1.83. The van der Waals surface area contributed by atoms with Crippen LogP contribution in [-0.2, 0) is 23.4 Å². The van der Waals surface area contributed by atoms with Gasteiger partial charge in [0, 0.05) is 6.20 Å². The third kappa shape index (κ3) is 6.70. The minimum atomic E-state index is -4.27. The van der Waals surface area contributed by atoms with E-state index in [0.717, 1.165) is 4.57 Å². The molecule has 0 spiro atoms. The molecule has 12 nitrogen and oxygen atoms in total. The van der Waals surface area contributed by atoms with E-state index in [1.807, 2.05) is 0 Å². The molecule has 4 N–H and O–H groups in total. The van der Waals surface area contributed by atoms with Gasteiger partial charge in [0.2, 0.25) is 0 Å². The molecule has 1 aromatic heterocycles. The second kappa shape index (κ2) is 11.6. The zero-order valence-corrected chi connectivity index (χ0v) is 22.0. The van der Waals surface area contributed by atoms with Crippen LogP contribution in [0.2, 0.25) is 0 Å². The number of alkyl halides is 1. The molecule has 0 amide bonds. The summed E-state index contributed by atoms with van der Waals surface area (Å²) < 4.78 is 36.7. The second-order valence-electron chi connectivity index (χ2n) is 8.46. The second-order valence-corrected chi connectivity index (χ2v) is 10.8. The van der Waals surface area contributed by atoms with Crippen LogP contribution in [0.1, 0.15) is 27.0 Å². The Morgan fingerprint density at radius 2 is 2.05 bits per heavy atom. The molecule has 6 atom stereocenters. The summed E-state index contributed by atoms with van der Waals surface area (Å²) in [5, 5.41) is 13.4. The number of aliphatic hydroxyl groups is 1. The number of nitrogens with two attached hydrogens (primary N) is 1. The molecule has 0 aliphatic carbocycles. The van der Waals surface area contributed by atoms with E-state index >= 15 is 0 Å². The summed E-state index contributed by atoms with van der Waals surface area (Å²) in [6.07, 6.45) is 2.27. The van der Waals surface area contributed by atoms with Crippen molar-refractivity contribution >= 4 is 31.1 Å². The van der Waals surface area contributed by atoms with E-state index in [1.165, 1.54) is 31.3 Å². The first kappa shape index (κ1) is 28.7. The molecule has 0 radical (unpaired) electrons. The maximum Gasteiger partial charge on any atom is 0.459 e. The molecule has 1 fully saturated rings. The number of aliphatic hydroxyl groups excluding tert-OH is 1. The smallest absolute Gasteiger partial charge is 0.459 e. The Balaban J connectivity index is 1.83. The van der Waals surface area contributed by atoms with Crippen LogP contribution < -0.4 is 21.0 Å². The van der Waals surface area contributed by atoms with Crippen molar-refractivity contribution in [1.29, 1.82) is 0 Å². The van der Waals surface area contributed by atoms with Gasteiger partial charge >= 0.3 is 19.4 Å². The number of halogens is 1. The quantitative estimate of drug-likeness (QED) is 0.170. The lowest BCUT2D eigenvalue weighted by atomic mass is 9.99. The summed E-state index contributed by atoms with van der Waals surface area (Å²) in [6.45, 7) is 4.22. The van der Waals surface area contributed by atoms with Crippen molar-refractivity contribution in [3.8, 4) is 18.1 Å². The molecular formula is C23H28ClN4O8P. The zero-order chi connectivity index (χ0) is 27.4. The Labute approximate surface area is 218 Å². The lowest BCUT2D eigenvalue weighted by Gasteiger charge is -2.26. The van der Waals surface area contributed by atoms with Crippen LogP contribution in [0.15, 0.2) is 47.4 Å². The number of hydrogen-bond acceptors (Lipinski definition) is 10. The molecule has 200 valence electrons. The number of benzene rings is 1. The maximum atomic E-state index is 13.7. The van der Waals surface area contributed by atoms with Crippen LogP contribution >= 0.6 is 19.3 Å². The Kier molecular flexibility index (Phi) is 9.02. The molecule has 14 heteroatoms. The first-order valence-electron chi connectivity index (χ1n) is 11.2. The van der Waals surface area contributed by atoms with E-state index in [0.29, 0.717) is 0 Å². The average molecular weight is 555 g/mol. The van der Waals surface area contributed by atoms with E-state index in [-0.39, 0.29) is 11.6 Å². The van der Waals surface area contributed by atoms with Crippen LogP contribution in [0, 0.1) is 12.3 Å². The molecule has 0 bridgehead atoms. The van der Waals surface area contributed by atoms with Gasteiger partial charge in [-0.2, -0.15) is 10.1 Å². The van der Waals surface area contributed by atoms with Gasteiger partial charge in [-0.3, -0.25) is 13.9 Å². The normalized spacial score (nSPS) is 25.7. The molecule has 2 heterocycles. The number of terminal acetylenes is 1. The number of ether oxygens (including phenoxy) is 2. The average Bonchev–Trinajstić information content (AvgIpc) is 3.08.